The second-order valence-corrected chi connectivity index (χ2v) is 6.65. The average molecular weight is 283 g/mol. The van der Waals surface area contributed by atoms with Crippen LogP contribution in [-0.2, 0) is 4.74 Å². The molecule has 2 saturated carbocycles. The monoisotopic (exact) mass is 283 g/mol. The van der Waals surface area contributed by atoms with E-state index < -0.39 is 17.1 Å². The van der Waals surface area contributed by atoms with E-state index >= 15 is 0 Å². The number of piperidine rings is 1. The van der Waals surface area contributed by atoms with Crippen molar-refractivity contribution in [2.24, 2.45) is 5.73 Å². The minimum absolute atomic E-state index is 0.0661. The zero-order valence-electron chi connectivity index (χ0n) is 11.3. The predicted molar refractivity (Wildman–Crippen MR) is 69.9 cm³/mol. The molecule has 0 aromatic rings. The van der Waals surface area contributed by atoms with E-state index in [-0.39, 0.29) is 12.5 Å². The minimum atomic E-state index is -2.67. The Morgan fingerprint density at radius 3 is 2.75 bits per heavy atom. The number of hydrogen-bond donors (Lipinski definition) is 2. The van der Waals surface area contributed by atoms with Gasteiger partial charge in [-0.05, 0) is 19.3 Å². The molecule has 0 radical (unpaired) electrons. The van der Waals surface area contributed by atoms with Gasteiger partial charge in [0.05, 0.1) is 5.60 Å². The number of nitrogens with zero attached hydrogens (tertiary/aromatic N) is 1. The summed E-state index contributed by atoms with van der Waals surface area (Å²) in [6.07, 6.45) is 3.64. The first-order valence-corrected chi connectivity index (χ1v) is 7.22. The third kappa shape index (κ3) is 1.55. The van der Waals surface area contributed by atoms with Gasteiger partial charge in [0.25, 0.3) is 5.92 Å². The number of hydrogen-bond acceptors (Lipinski definition) is 4. The molecule has 2 atom stereocenters. The van der Waals surface area contributed by atoms with Crippen molar-refractivity contribution in [3.8, 4) is 0 Å². The Labute approximate surface area is 116 Å². The molecule has 2 spiro atoms. The highest BCUT2D eigenvalue weighted by Gasteiger charge is 2.79. The van der Waals surface area contributed by atoms with Gasteiger partial charge in [0.1, 0.15) is 5.60 Å². The molecule has 6 heteroatoms. The van der Waals surface area contributed by atoms with E-state index in [1.165, 1.54) is 6.20 Å². The van der Waals surface area contributed by atoms with E-state index in [9.17, 15) is 8.78 Å². The van der Waals surface area contributed by atoms with E-state index in [0.717, 1.165) is 12.1 Å². The quantitative estimate of drug-likeness (QED) is 0.769. The SMILES string of the molecule is N=C1CCN([C@H]2C[C@@]23CC(F)(F)C2(CC2)O3)C/C1=C/N. The topological polar surface area (TPSA) is 62.3 Å². The van der Waals surface area contributed by atoms with Crippen molar-refractivity contribution in [3.05, 3.63) is 11.8 Å². The van der Waals surface area contributed by atoms with Crippen LogP contribution < -0.4 is 5.73 Å². The summed E-state index contributed by atoms with van der Waals surface area (Å²) in [5.41, 5.74) is 5.13. The first-order valence-electron chi connectivity index (χ1n) is 7.22. The first kappa shape index (κ1) is 12.7. The summed E-state index contributed by atoms with van der Waals surface area (Å²) in [4.78, 5) is 2.16. The van der Waals surface area contributed by atoms with Crippen molar-refractivity contribution in [2.75, 3.05) is 13.1 Å². The Balaban J connectivity index is 1.50. The molecule has 2 aliphatic heterocycles. The number of alkyl halides is 2. The third-order valence-electron chi connectivity index (χ3n) is 5.33. The fraction of sp³-hybridized carbons (Fsp3) is 0.786. The van der Waals surface area contributed by atoms with Crippen molar-refractivity contribution < 1.29 is 13.5 Å². The summed E-state index contributed by atoms with van der Waals surface area (Å²) in [5, 5.41) is 7.81. The van der Waals surface area contributed by atoms with Gasteiger partial charge >= 0.3 is 0 Å². The standard InChI is InChI=1S/C14H19F2N3O/c15-14(16)8-12(20-13(14)2-3-13)5-11(12)19-4-1-10(18)9(6-17)7-19/h6,11,18H,1-5,7-8,17H2/b9-6-,18-10?/t11-,12+/m0/s1. The molecule has 4 fully saturated rings. The van der Waals surface area contributed by atoms with Crippen molar-refractivity contribution in [1.29, 1.82) is 5.41 Å². The highest BCUT2D eigenvalue weighted by molar-refractivity contribution is 5.98. The first-order chi connectivity index (χ1) is 9.41. The third-order valence-corrected chi connectivity index (χ3v) is 5.33. The summed E-state index contributed by atoms with van der Waals surface area (Å²) < 4.78 is 34.0. The molecule has 20 heavy (non-hydrogen) atoms. The molecule has 4 nitrogen and oxygen atoms in total. The van der Waals surface area contributed by atoms with Crippen LogP contribution in [0.1, 0.15) is 32.1 Å². The van der Waals surface area contributed by atoms with Crippen LogP contribution in [-0.4, -0.2) is 46.9 Å². The van der Waals surface area contributed by atoms with Gasteiger partial charge in [-0.3, -0.25) is 4.90 Å². The molecule has 0 amide bonds. The molecule has 0 aromatic heterocycles. The molecule has 4 aliphatic rings. The molecule has 110 valence electrons. The summed E-state index contributed by atoms with van der Waals surface area (Å²) in [6, 6.07) is 0.0661. The second-order valence-electron chi connectivity index (χ2n) is 6.65. The lowest BCUT2D eigenvalue weighted by molar-refractivity contribution is -0.0981. The number of rotatable bonds is 1. The number of nitrogens with one attached hydrogen (secondary N) is 1. The van der Waals surface area contributed by atoms with E-state index in [0.29, 0.717) is 37.9 Å². The van der Waals surface area contributed by atoms with Crippen LogP contribution in [0, 0.1) is 5.41 Å². The number of halogens is 2. The summed E-state index contributed by atoms with van der Waals surface area (Å²) in [7, 11) is 0. The summed E-state index contributed by atoms with van der Waals surface area (Å²) in [5.74, 6) is -2.67. The molecule has 2 saturated heterocycles. The molecule has 0 unspecified atom stereocenters. The molecule has 3 N–H and O–H groups in total. The van der Waals surface area contributed by atoms with E-state index in [4.69, 9.17) is 15.9 Å². The van der Waals surface area contributed by atoms with Crippen molar-refractivity contribution in [2.45, 2.75) is 55.3 Å². The van der Waals surface area contributed by atoms with Crippen LogP contribution in [0.5, 0.6) is 0 Å². The highest BCUT2D eigenvalue weighted by Crippen LogP contribution is 2.68. The van der Waals surface area contributed by atoms with Gasteiger partial charge in [-0.1, -0.05) is 0 Å². The smallest absolute Gasteiger partial charge is 0.279 e. The van der Waals surface area contributed by atoms with Crippen LogP contribution in [0.4, 0.5) is 8.78 Å². The second kappa shape index (κ2) is 3.60. The van der Waals surface area contributed by atoms with E-state index in [2.05, 4.69) is 4.90 Å². The highest BCUT2D eigenvalue weighted by atomic mass is 19.3. The Hall–Kier alpha value is -1.01. The zero-order valence-corrected chi connectivity index (χ0v) is 11.3. The fourth-order valence-electron chi connectivity index (χ4n) is 3.88. The van der Waals surface area contributed by atoms with Crippen molar-refractivity contribution >= 4 is 5.71 Å². The normalized spacial score (nSPS) is 43.6. The molecule has 4 rings (SSSR count). The van der Waals surface area contributed by atoms with E-state index in [1.807, 2.05) is 0 Å². The average Bonchev–Trinajstić information content (AvgIpc) is 3.27. The van der Waals surface area contributed by atoms with Crippen molar-refractivity contribution in [3.63, 3.8) is 0 Å². The van der Waals surface area contributed by atoms with Gasteiger partial charge in [0.2, 0.25) is 0 Å². The molecule has 0 aromatic carbocycles. The lowest BCUT2D eigenvalue weighted by atomic mass is 10.0. The van der Waals surface area contributed by atoms with Crippen LogP contribution in [0.15, 0.2) is 11.8 Å². The number of likely N-dealkylation sites (tertiary alicyclic amines) is 1. The van der Waals surface area contributed by atoms with Gasteiger partial charge in [-0.2, -0.15) is 0 Å². The van der Waals surface area contributed by atoms with Gasteiger partial charge in [-0.25, -0.2) is 8.78 Å². The maximum Gasteiger partial charge on any atom is 0.279 e. The molecule has 2 heterocycles. The lowest BCUT2D eigenvalue weighted by Gasteiger charge is -2.30. The van der Waals surface area contributed by atoms with Crippen LogP contribution in [0.3, 0.4) is 0 Å². The fourth-order valence-corrected chi connectivity index (χ4v) is 3.88. The lowest BCUT2D eigenvalue weighted by Crippen LogP contribution is -2.41. The maximum atomic E-state index is 14.1. The van der Waals surface area contributed by atoms with Gasteiger partial charge in [-0.15, -0.1) is 0 Å². The Morgan fingerprint density at radius 2 is 2.15 bits per heavy atom. The van der Waals surface area contributed by atoms with Gasteiger partial charge in [0.15, 0.2) is 0 Å². The van der Waals surface area contributed by atoms with Crippen LogP contribution in [0.25, 0.3) is 0 Å². The zero-order chi connectivity index (χ0) is 14.2. The number of ether oxygens (including phenoxy) is 1. The molecular weight excluding hydrogens is 264 g/mol. The largest absolute Gasteiger partial charge is 0.404 e. The van der Waals surface area contributed by atoms with Gasteiger partial charge < -0.3 is 15.9 Å². The molecule has 2 aliphatic carbocycles. The predicted octanol–water partition coefficient (Wildman–Crippen LogP) is 1.65. The Bertz CT molecular complexity index is 507. The molecular formula is C14H19F2N3O. The Morgan fingerprint density at radius 1 is 1.40 bits per heavy atom. The van der Waals surface area contributed by atoms with E-state index in [1.54, 1.807) is 0 Å². The summed E-state index contributed by atoms with van der Waals surface area (Å²) >= 11 is 0. The van der Waals surface area contributed by atoms with Crippen LogP contribution in [0.2, 0.25) is 0 Å². The van der Waals surface area contributed by atoms with Crippen molar-refractivity contribution in [1.82, 2.24) is 4.90 Å². The van der Waals surface area contributed by atoms with Crippen LogP contribution >= 0.6 is 0 Å². The summed E-state index contributed by atoms with van der Waals surface area (Å²) in [6.45, 7) is 1.33. The maximum absolute atomic E-state index is 14.1. The number of nitrogens with two attached hydrogens (primary N) is 1. The minimum Gasteiger partial charge on any atom is -0.404 e. The molecule has 0 bridgehead atoms. The Kier molecular flexibility index (Phi) is 2.29. The van der Waals surface area contributed by atoms with Gasteiger partial charge in [0, 0.05) is 49.5 Å².